The van der Waals surface area contributed by atoms with Crippen LogP contribution in [0.5, 0.6) is 0 Å². The van der Waals surface area contributed by atoms with Crippen LogP contribution in [0.1, 0.15) is 13.8 Å². The van der Waals surface area contributed by atoms with E-state index in [4.69, 9.17) is 10.5 Å². The van der Waals surface area contributed by atoms with Gasteiger partial charge in [-0.25, -0.2) is 0 Å². The van der Waals surface area contributed by atoms with Crippen molar-refractivity contribution in [2.75, 3.05) is 32.8 Å². The second kappa shape index (κ2) is 4.74. The smallest absolute Gasteiger partial charge is 0.0645 e. The van der Waals surface area contributed by atoms with Crippen LogP contribution in [0, 0.1) is 0 Å². The molecular weight excluding hydrogens is 164 g/mol. The van der Waals surface area contributed by atoms with Gasteiger partial charge in [-0.3, -0.25) is 4.90 Å². The van der Waals surface area contributed by atoms with E-state index in [9.17, 15) is 0 Å². The van der Waals surface area contributed by atoms with E-state index >= 15 is 0 Å². The summed E-state index contributed by atoms with van der Waals surface area (Å²) in [4.78, 5) is 2.42. The number of ether oxygens (including phenoxy) is 1. The van der Waals surface area contributed by atoms with Gasteiger partial charge in [-0.1, -0.05) is 12.2 Å². The molecule has 0 bridgehead atoms. The summed E-state index contributed by atoms with van der Waals surface area (Å²) in [5.41, 5.74) is 5.55. The van der Waals surface area contributed by atoms with Crippen LogP contribution >= 0.6 is 0 Å². The van der Waals surface area contributed by atoms with Gasteiger partial charge >= 0.3 is 0 Å². The second-order valence-electron chi connectivity index (χ2n) is 4.02. The van der Waals surface area contributed by atoms with Crippen molar-refractivity contribution in [1.82, 2.24) is 4.90 Å². The predicted octanol–water partition coefficient (Wildman–Crippen LogP) is 0.612. The molecule has 0 spiro atoms. The van der Waals surface area contributed by atoms with E-state index in [-0.39, 0.29) is 5.54 Å². The van der Waals surface area contributed by atoms with Crippen LogP contribution in [-0.2, 0) is 4.74 Å². The number of morpholine rings is 1. The molecule has 0 aromatic heterocycles. The lowest BCUT2D eigenvalue weighted by atomic mass is 10.0. The Bertz CT molecular complexity index is 178. The molecule has 2 N–H and O–H groups in total. The highest BCUT2D eigenvalue weighted by molar-refractivity contribution is 4.92. The molecule has 1 saturated heterocycles. The first kappa shape index (κ1) is 10.7. The normalized spacial score (nSPS) is 23.9. The lowest BCUT2D eigenvalue weighted by Crippen LogP contribution is -2.52. The van der Waals surface area contributed by atoms with E-state index in [0.717, 1.165) is 26.3 Å². The van der Waals surface area contributed by atoms with E-state index in [1.54, 1.807) is 0 Å². The number of nitrogens with two attached hydrogens (primary N) is 1. The summed E-state index contributed by atoms with van der Waals surface area (Å²) in [5, 5.41) is 0. The maximum Gasteiger partial charge on any atom is 0.0645 e. The predicted molar refractivity (Wildman–Crippen MR) is 54.7 cm³/mol. The average molecular weight is 184 g/mol. The molecule has 0 aromatic carbocycles. The molecular formula is C10H20N2O. The van der Waals surface area contributed by atoms with Gasteiger partial charge in [-0.2, -0.15) is 0 Å². The molecule has 1 fully saturated rings. The summed E-state index contributed by atoms with van der Waals surface area (Å²) in [5.74, 6) is 0. The monoisotopic (exact) mass is 184 g/mol. The molecule has 1 aliphatic heterocycles. The fourth-order valence-corrected chi connectivity index (χ4v) is 1.53. The van der Waals surface area contributed by atoms with Crippen LogP contribution in [0.3, 0.4) is 0 Å². The molecule has 0 radical (unpaired) electrons. The van der Waals surface area contributed by atoms with E-state index in [2.05, 4.69) is 24.8 Å². The van der Waals surface area contributed by atoms with Crippen molar-refractivity contribution in [3.05, 3.63) is 12.2 Å². The van der Waals surface area contributed by atoms with Crippen LogP contribution in [0.2, 0.25) is 0 Å². The van der Waals surface area contributed by atoms with Gasteiger partial charge in [0.25, 0.3) is 0 Å². The number of rotatable bonds is 3. The second-order valence-corrected chi connectivity index (χ2v) is 4.02. The van der Waals surface area contributed by atoms with E-state index < -0.39 is 0 Å². The Morgan fingerprint density at radius 2 is 2.23 bits per heavy atom. The summed E-state index contributed by atoms with van der Waals surface area (Å²) in [6.45, 7) is 8.72. The molecule has 0 aliphatic carbocycles. The van der Waals surface area contributed by atoms with E-state index in [0.29, 0.717) is 6.54 Å². The average Bonchev–Trinajstić information content (AvgIpc) is 2.08. The largest absolute Gasteiger partial charge is 0.378 e. The van der Waals surface area contributed by atoms with Gasteiger partial charge in [-0.05, 0) is 13.8 Å². The van der Waals surface area contributed by atoms with E-state index in [1.165, 1.54) is 0 Å². The Kier molecular flexibility index (Phi) is 3.90. The summed E-state index contributed by atoms with van der Waals surface area (Å²) in [6.07, 6.45) is 4.14. The maximum atomic E-state index is 5.43. The zero-order valence-corrected chi connectivity index (χ0v) is 8.62. The molecule has 3 nitrogen and oxygen atoms in total. The third-order valence-corrected chi connectivity index (χ3v) is 2.45. The van der Waals surface area contributed by atoms with Crippen LogP contribution in [0.15, 0.2) is 12.2 Å². The highest BCUT2D eigenvalue weighted by Crippen LogP contribution is 2.18. The highest BCUT2D eigenvalue weighted by atomic mass is 16.5. The van der Waals surface area contributed by atoms with E-state index in [1.807, 2.05) is 6.08 Å². The fraction of sp³-hybridized carbons (Fsp3) is 0.800. The Morgan fingerprint density at radius 1 is 1.46 bits per heavy atom. The Morgan fingerprint density at radius 3 is 2.85 bits per heavy atom. The zero-order valence-electron chi connectivity index (χ0n) is 8.62. The van der Waals surface area contributed by atoms with Crippen LogP contribution in [0.25, 0.3) is 0 Å². The maximum absolute atomic E-state index is 5.43. The number of hydrogen-bond acceptors (Lipinski definition) is 3. The first-order valence-electron chi connectivity index (χ1n) is 4.85. The summed E-state index contributed by atoms with van der Waals surface area (Å²) >= 11 is 0. The molecule has 1 heterocycles. The van der Waals surface area contributed by atoms with Crippen LogP contribution < -0.4 is 5.73 Å². The third kappa shape index (κ3) is 3.10. The molecule has 0 atom stereocenters. The van der Waals surface area contributed by atoms with Crippen molar-refractivity contribution in [3.63, 3.8) is 0 Å². The quantitative estimate of drug-likeness (QED) is 0.653. The third-order valence-electron chi connectivity index (χ3n) is 2.45. The van der Waals surface area contributed by atoms with Gasteiger partial charge in [-0.15, -0.1) is 0 Å². The molecule has 0 saturated carbocycles. The number of hydrogen-bond donors (Lipinski definition) is 1. The molecule has 3 heteroatoms. The van der Waals surface area contributed by atoms with Crippen LogP contribution in [0.4, 0.5) is 0 Å². The minimum atomic E-state index is 0.164. The molecule has 0 aromatic rings. The molecule has 1 aliphatic rings. The van der Waals surface area contributed by atoms with Crippen molar-refractivity contribution < 1.29 is 4.74 Å². The molecule has 0 amide bonds. The Hall–Kier alpha value is -0.380. The van der Waals surface area contributed by atoms with Crippen molar-refractivity contribution >= 4 is 0 Å². The fourth-order valence-electron chi connectivity index (χ4n) is 1.53. The van der Waals surface area contributed by atoms with Crippen molar-refractivity contribution in [2.45, 2.75) is 19.4 Å². The topological polar surface area (TPSA) is 38.5 Å². The molecule has 0 unspecified atom stereocenters. The summed E-state index contributed by atoms with van der Waals surface area (Å²) in [7, 11) is 0. The highest BCUT2D eigenvalue weighted by Gasteiger charge is 2.29. The first-order chi connectivity index (χ1) is 6.17. The van der Waals surface area contributed by atoms with Gasteiger partial charge in [0.1, 0.15) is 0 Å². The SMILES string of the molecule is CC1(C)COCCN1CC=CCN. The first-order valence-corrected chi connectivity index (χ1v) is 4.85. The standard InChI is InChI=1S/C10H20N2O/c1-10(2)9-13-8-7-12(10)6-4-3-5-11/h3-4H,5-9,11H2,1-2H3. The van der Waals surface area contributed by atoms with Crippen molar-refractivity contribution in [3.8, 4) is 0 Å². The zero-order chi connectivity index (χ0) is 9.73. The van der Waals surface area contributed by atoms with Gasteiger partial charge in [0.2, 0.25) is 0 Å². The van der Waals surface area contributed by atoms with Gasteiger partial charge in [0.15, 0.2) is 0 Å². The van der Waals surface area contributed by atoms with Crippen LogP contribution in [-0.4, -0.2) is 43.3 Å². The number of nitrogens with zero attached hydrogens (tertiary/aromatic N) is 1. The molecule has 1 rings (SSSR count). The Balaban J connectivity index is 2.41. The van der Waals surface area contributed by atoms with Crippen molar-refractivity contribution in [2.24, 2.45) is 5.73 Å². The minimum Gasteiger partial charge on any atom is -0.378 e. The van der Waals surface area contributed by atoms with Gasteiger partial charge in [0, 0.05) is 25.2 Å². The Labute approximate surface area is 80.5 Å². The summed E-state index contributed by atoms with van der Waals surface area (Å²) in [6, 6.07) is 0. The lowest BCUT2D eigenvalue weighted by Gasteiger charge is -2.41. The van der Waals surface area contributed by atoms with Gasteiger partial charge in [0.05, 0.1) is 13.2 Å². The van der Waals surface area contributed by atoms with Crippen molar-refractivity contribution in [1.29, 1.82) is 0 Å². The minimum absolute atomic E-state index is 0.164. The summed E-state index contributed by atoms with van der Waals surface area (Å²) < 4.78 is 5.43. The molecule has 76 valence electrons. The lowest BCUT2D eigenvalue weighted by molar-refractivity contribution is -0.0450. The van der Waals surface area contributed by atoms with Gasteiger partial charge < -0.3 is 10.5 Å². The molecule has 13 heavy (non-hydrogen) atoms.